The average molecular weight is 192 g/mol. The topological polar surface area (TPSA) is 9.23 Å². The highest BCUT2D eigenvalue weighted by Gasteiger charge is 2.42. The number of allylic oxidation sites excluding steroid dienone is 3. The Kier molecular flexibility index (Phi) is 1.99. The molecule has 76 valence electrons. The standard InChI is InChI=1S/C12H18NO/c1-2-4-12-10-13(9-11(12)3-1)5-7-14-8-6-13/h1-3,12H,4-10H2/q+1/t12-/m1/s1. The molecule has 1 aliphatic carbocycles. The van der Waals surface area contributed by atoms with Gasteiger partial charge in [0.15, 0.2) is 0 Å². The van der Waals surface area contributed by atoms with Crippen molar-refractivity contribution in [2.24, 2.45) is 5.92 Å². The normalized spacial score (nSPS) is 34.3. The van der Waals surface area contributed by atoms with Crippen molar-refractivity contribution in [3.05, 3.63) is 23.8 Å². The van der Waals surface area contributed by atoms with E-state index < -0.39 is 0 Å². The lowest BCUT2D eigenvalue weighted by Crippen LogP contribution is -2.53. The van der Waals surface area contributed by atoms with Gasteiger partial charge in [-0.25, -0.2) is 0 Å². The zero-order valence-corrected chi connectivity index (χ0v) is 8.61. The van der Waals surface area contributed by atoms with Gasteiger partial charge in [-0.1, -0.05) is 18.2 Å². The first-order valence-corrected chi connectivity index (χ1v) is 5.66. The molecule has 3 aliphatic rings. The Bertz CT molecular complexity index is 287. The molecule has 2 saturated heterocycles. The molecule has 0 radical (unpaired) electrons. The summed E-state index contributed by atoms with van der Waals surface area (Å²) in [7, 11) is 0. The molecular formula is C12H18NO+. The highest BCUT2D eigenvalue weighted by molar-refractivity contribution is 5.23. The summed E-state index contributed by atoms with van der Waals surface area (Å²) < 4.78 is 6.76. The smallest absolute Gasteiger partial charge is 0.103 e. The first-order valence-electron chi connectivity index (χ1n) is 5.66. The molecule has 0 unspecified atom stereocenters. The Balaban J connectivity index is 1.80. The lowest BCUT2D eigenvalue weighted by Gasteiger charge is -2.37. The third-order valence-electron chi connectivity index (χ3n) is 3.94. The van der Waals surface area contributed by atoms with Crippen LogP contribution in [0, 0.1) is 5.92 Å². The number of quaternary nitrogens is 1. The fraction of sp³-hybridized carbons (Fsp3) is 0.667. The molecule has 0 bridgehead atoms. The molecule has 2 fully saturated rings. The minimum atomic E-state index is 0.845. The number of morpholine rings is 1. The second-order valence-corrected chi connectivity index (χ2v) is 4.84. The van der Waals surface area contributed by atoms with Crippen LogP contribution in [0.4, 0.5) is 0 Å². The van der Waals surface area contributed by atoms with Crippen LogP contribution in [-0.2, 0) is 4.74 Å². The largest absolute Gasteiger partial charge is 0.370 e. The molecule has 3 rings (SSSR count). The molecule has 0 N–H and O–H groups in total. The predicted octanol–water partition coefficient (Wildman–Crippen LogP) is 1.35. The van der Waals surface area contributed by atoms with Crippen LogP contribution in [-0.4, -0.2) is 43.9 Å². The second-order valence-electron chi connectivity index (χ2n) is 4.84. The highest BCUT2D eigenvalue weighted by atomic mass is 16.5. The van der Waals surface area contributed by atoms with E-state index in [4.69, 9.17) is 4.74 Å². The fourth-order valence-corrected chi connectivity index (χ4v) is 3.09. The highest BCUT2D eigenvalue weighted by Crippen LogP contribution is 2.34. The molecule has 0 aromatic heterocycles. The first-order chi connectivity index (χ1) is 6.88. The van der Waals surface area contributed by atoms with Crippen LogP contribution in [0.15, 0.2) is 23.8 Å². The quantitative estimate of drug-likeness (QED) is 0.526. The van der Waals surface area contributed by atoms with E-state index >= 15 is 0 Å². The van der Waals surface area contributed by atoms with Gasteiger partial charge >= 0.3 is 0 Å². The molecular weight excluding hydrogens is 174 g/mol. The summed E-state index contributed by atoms with van der Waals surface area (Å²) in [5.74, 6) is 0.845. The molecule has 1 atom stereocenters. The molecule has 1 spiro atoms. The maximum absolute atomic E-state index is 5.46. The van der Waals surface area contributed by atoms with Gasteiger partial charge in [-0.15, -0.1) is 0 Å². The van der Waals surface area contributed by atoms with Crippen molar-refractivity contribution in [1.29, 1.82) is 0 Å². The van der Waals surface area contributed by atoms with Crippen LogP contribution in [0.25, 0.3) is 0 Å². The minimum absolute atomic E-state index is 0.845. The van der Waals surface area contributed by atoms with Gasteiger partial charge in [0.25, 0.3) is 0 Å². The van der Waals surface area contributed by atoms with Crippen molar-refractivity contribution in [3.63, 3.8) is 0 Å². The number of fused-ring (bicyclic) bond motifs is 1. The monoisotopic (exact) mass is 192 g/mol. The third-order valence-corrected chi connectivity index (χ3v) is 3.94. The Labute approximate surface area is 85.4 Å². The lowest BCUT2D eigenvalue weighted by molar-refractivity contribution is -0.923. The van der Waals surface area contributed by atoms with Crippen molar-refractivity contribution < 1.29 is 9.22 Å². The Morgan fingerprint density at radius 2 is 2.14 bits per heavy atom. The van der Waals surface area contributed by atoms with Crippen LogP contribution in [0.1, 0.15) is 6.42 Å². The summed E-state index contributed by atoms with van der Waals surface area (Å²) in [5, 5.41) is 0. The Morgan fingerprint density at radius 1 is 1.29 bits per heavy atom. The predicted molar refractivity (Wildman–Crippen MR) is 55.9 cm³/mol. The summed E-state index contributed by atoms with van der Waals surface area (Å²) >= 11 is 0. The maximum atomic E-state index is 5.46. The van der Waals surface area contributed by atoms with Gasteiger partial charge < -0.3 is 9.22 Å². The van der Waals surface area contributed by atoms with E-state index in [9.17, 15) is 0 Å². The van der Waals surface area contributed by atoms with Gasteiger partial charge in [0.05, 0.1) is 19.8 Å². The Hall–Kier alpha value is -0.600. The molecule has 2 aliphatic heterocycles. The zero-order valence-electron chi connectivity index (χ0n) is 8.61. The van der Waals surface area contributed by atoms with E-state index in [1.807, 2.05) is 0 Å². The van der Waals surface area contributed by atoms with E-state index in [-0.39, 0.29) is 0 Å². The molecule has 0 amide bonds. The molecule has 0 aromatic rings. The zero-order chi connectivity index (χ0) is 9.43. The third kappa shape index (κ3) is 1.33. The second kappa shape index (κ2) is 3.21. The van der Waals surface area contributed by atoms with Crippen LogP contribution in [0.3, 0.4) is 0 Å². The maximum Gasteiger partial charge on any atom is 0.103 e. The number of rotatable bonds is 0. The SMILES string of the molecule is C1=CC[C@@H]2C[N+]3(CCOCC3)CC2=C1. The van der Waals surface area contributed by atoms with Crippen molar-refractivity contribution in [2.45, 2.75) is 6.42 Å². The van der Waals surface area contributed by atoms with Gasteiger partial charge in [0, 0.05) is 5.92 Å². The first kappa shape index (κ1) is 8.69. The average Bonchev–Trinajstić information content (AvgIpc) is 2.56. The summed E-state index contributed by atoms with van der Waals surface area (Å²) in [5.41, 5.74) is 1.69. The van der Waals surface area contributed by atoms with Crippen LogP contribution in [0.5, 0.6) is 0 Å². The number of nitrogens with zero attached hydrogens (tertiary/aromatic N) is 1. The number of hydrogen-bond acceptors (Lipinski definition) is 1. The number of ether oxygens (including phenoxy) is 1. The van der Waals surface area contributed by atoms with E-state index in [1.54, 1.807) is 5.57 Å². The van der Waals surface area contributed by atoms with Crippen molar-refractivity contribution in [2.75, 3.05) is 39.4 Å². The van der Waals surface area contributed by atoms with Gasteiger partial charge in [-0.3, -0.25) is 0 Å². The van der Waals surface area contributed by atoms with E-state index in [1.165, 1.54) is 37.1 Å². The van der Waals surface area contributed by atoms with Crippen molar-refractivity contribution in [3.8, 4) is 0 Å². The van der Waals surface area contributed by atoms with E-state index in [0.29, 0.717) is 0 Å². The van der Waals surface area contributed by atoms with Crippen LogP contribution < -0.4 is 0 Å². The summed E-state index contributed by atoms with van der Waals surface area (Å²) in [4.78, 5) is 0. The Morgan fingerprint density at radius 3 is 2.93 bits per heavy atom. The fourth-order valence-electron chi connectivity index (χ4n) is 3.09. The van der Waals surface area contributed by atoms with Gasteiger partial charge in [0.2, 0.25) is 0 Å². The van der Waals surface area contributed by atoms with E-state index in [0.717, 1.165) is 19.1 Å². The molecule has 2 heteroatoms. The molecule has 0 aromatic carbocycles. The van der Waals surface area contributed by atoms with Gasteiger partial charge in [-0.05, 0) is 12.0 Å². The molecule has 14 heavy (non-hydrogen) atoms. The van der Waals surface area contributed by atoms with Crippen molar-refractivity contribution >= 4 is 0 Å². The summed E-state index contributed by atoms with van der Waals surface area (Å²) in [6, 6.07) is 0. The molecule has 2 nitrogen and oxygen atoms in total. The number of hydrogen-bond donors (Lipinski definition) is 0. The van der Waals surface area contributed by atoms with E-state index in [2.05, 4.69) is 18.2 Å². The molecule has 0 saturated carbocycles. The minimum Gasteiger partial charge on any atom is -0.370 e. The summed E-state index contributed by atoms with van der Waals surface area (Å²) in [6.07, 6.45) is 8.16. The summed E-state index contributed by atoms with van der Waals surface area (Å²) in [6.45, 7) is 7.04. The molecule has 2 heterocycles. The van der Waals surface area contributed by atoms with Crippen LogP contribution >= 0.6 is 0 Å². The lowest BCUT2D eigenvalue weighted by atomic mass is 9.95. The van der Waals surface area contributed by atoms with Gasteiger partial charge in [-0.2, -0.15) is 0 Å². The van der Waals surface area contributed by atoms with Crippen molar-refractivity contribution in [1.82, 2.24) is 0 Å². The van der Waals surface area contributed by atoms with Crippen LogP contribution in [0.2, 0.25) is 0 Å². The van der Waals surface area contributed by atoms with Gasteiger partial charge in [0.1, 0.15) is 19.6 Å².